The van der Waals surface area contributed by atoms with Crippen LogP contribution >= 0.6 is 0 Å². The van der Waals surface area contributed by atoms with Gasteiger partial charge >= 0.3 is 11.8 Å². The Kier molecular flexibility index (Phi) is 6.26. The number of aliphatic hydroxyl groups is 1. The molecule has 0 bridgehead atoms. The summed E-state index contributed by atoms with van der Waals surface area (Å²) in [6.45, 7) is 1.41. The summed E-state index contributed by atoms with van der Waals surface area (Å²) in [5, 5.41) is 24.7. The number of amides is 2. The molecular formula is C24H21N3O3. The number of hydrogen-bond donors (Lipinski definition) is 3. The number of rotatable bonds is 5. The highest BCUT2D eigenvalue weighted by atomic mass is 16.3. The third-order valence-corrected chi connectivity index (χ3v) is 4.71. The molecule has 6 heteroatoms. The van der Waals surface area contributed by atoms with Gasteiger partial charge in [0, 0.05) is 0 Å². The van der Waals surface area contributed by atoms with Gasteiger partial charge in [-0.3, -0.25) is 9.59 Å². The molecule has 0 saturated carbocycles. The number of carbonyl (C=O) groups excluding carboxylic acids is 2. The molecule has 0 spiro atoms. The summed E-state index contributed by atoms with van der Waals surface area (Å²) in [4.78, 5) is 24.3. The second-order valence-corrected chi connectivity index (χ2v) is 7.01. The Morgan fingerprint density at radius 2 is 1.50 bits per heavy atom. The van der Waals surface area contributed by atoms with Crippen LogP contribution in [0.15, 0.2) is 78.9 Å². The fourth-order valence-electron chi connectivity index (χ4n) is 2.96. The lowest BCUT2D eigenvalue weighted by atomic mass is 9.93. The van der Waals surface area contributed by atoms with Gasteiger partial charge in [-0.2, -0.15) is 5.26 Å². The van der Waals surface area contributed by atoms with Crippen LogP contribution in [0.4, 0.5) is 5.69 Å². The highest BCUT2D eigenvalue weighted by Crippen LogP contribution is 2.24. The molecule has 2 amide bonds. The van der Waals surface area contributed by atoms with Crippen molar-refractivity contribution in [3.05, 3.63) is 90.0 Å². The minimum absolute atomic E-state index is 0.149. The fourth-order valence-corrected chi connectivity index (χ4v) is 2.96. The van der Waals surface area contributed by atoms with Gasteiger partial charge < -0.3 is 15.7 Å². The quantitative estimate of drug-likeness (QED) is 0.574. The summed E-state index contributed by atoms with van der Waals surface area (Å²) in [6.07, 6.45) is 0. The highest BCUT2D eigenvalue weighted by molar-refractivity contribution is 6.39. The number of nitrogens with one attached hydrogen (secondary N) is 2. The minimum atomic E-state index is -1.37. The van der Waals surface area contributed by atoms with Crippen molar-refractivity contribution < 1.29 is 14.7 Å². The molecule has 0 aliphatic rings. The van der Waals surface area contributed by atoms with Crippen molar-refractivity contribution in [1.82, 2.24) is 5.32 Å². The van der Waals surface area contributed by atoms with Gasteiger partial charge in [-0.1, -0.05) is 66.7 Å². The number of nitriles is 1. The second-order valence-electron chi connectivity index (χ2n) is 7.01. The molecule has 3 aromatic rings. The lowest BCUT2D eigenvalue weighted by Crippen LogP contribution is -2.43. The van der Waals surface area contributed by atoms with Crippen LogP contribution < -0.4 is 10.6 Å². The Bertz CT molecular complexity index is 1080. The van der Waals surface area contributed by atoms with E-state index in [4.69, 9.17) is 5.26 Å². The van der Waals surface area contributed by atoms with Crippen molar-refractivity contribution in [2.45, 2.75) is 12.5 Å². The first-order valence-corrected chi connectivity index (χ1v) is 9.37. The smallest absolute Gasteiger partial charge is 0.313 e. The maximum atomic E-state index is 12.1. The zero-order valence-corrected chi connectivity index (χ0v) is 16.4. The normalized spacial score (nSPS) is 12.3. The van der Waals surface area contributed by atoms with Crippen LogP contribution in [0, 0.1) is 11.3 Å². The van der Waals surface area contributed by atoms with Gasteiger partial charge in [0.25, 0.3) is 0 Å². The average molecular weight is 399 g/mol. The zero-order chi connectivity index (χ0) is 21.6. The maximum Gasteiger partial charge on any atom is 0.313 e. The van der Waals surface area contributed by atoms with Crippen molar-refractivity contribution >= 4 is 17.5 Å². The summed E-state index contributed by atoms with van der Waals surface area (Å²) in [7, 11) is 0. The van der Waals surface area contributed by atoms with E-state index in [0.717, 1.165) is 11.1 Å². The predicted molar refractivity (Wildman–Crippen MR) is 114 cm³/mol. The Hall–Kier alpha value is -3.95. The van der Waals surface area contributed by atoms with Crippen molar-refractivity contribution in [3.63, 3.8) is 0 Å². The van der Waals surface area contributed by atoms with Crippen LogP contribution in [-0.4, -0.2) is 23.5 Å². The van der Waals surface area contributed by atoms with Crippen molar-refractivity contribution in [2.75, 3.05) is 11.9 Å². The van der Waals surface area contributed by atoms with Crippen molar-refractivity contribution in [1.29, 1.82) is 5.26 Å². The molecule has 0 fully saturated rings. The lowest BCUT2D eigenvalue weighted by molar-refractivity contribution is -0.136. The van der Waals surface area contributed by atoms with Gasteiger partial charge in [0.15, 0.2) is 0 Å². The lowest BCUT2D eigenvalue weighted by Gasteiger charge is -2.24. The Morgan fingerprint density at radius 3 is 2.17 bits per heavy atom. The molecule has 0 heterocycles. The van der Waals surface area contributed by atoms with Crippen molar-refractivity contribution in [3.8, 4) is 17.2 Å². The predicted octanol–water partition coefficient (Wildman–Crippen LogP) is 3.19. The van der Waals surface area contributed by atoms with E-state index in [9.17, 15) is 14.7 Å². The molecule has 3 aromatic carbocycles. The van der Waals surface area contributed by atoms with E-state index < -0.39 is 17.4 Å². The largest absolute Gasteiger partial charge is 0.384 e. The summed E-state index contributed by atoms with van der Waals surface area (Å²) >= 11 is 0. The number of anilines is 1. The standard InChI is InChI=1S/C24H21N3O3/c1-24(30,20-13-11-18(12-14-20)17-7-3-2-4-8-17)16-26-22(28)23(29)27-21-10-6-5-9-19(21)15-25/h2-14,30H,16H2,1H3,(H,26,28)(H,27,29)/t24-/m0/s1. The van der Waals surface area contributed by atoms with Gasteiger partial charge in [-0.15, -0.1) is 0 Å². The van der Waals surface area contributed by atoms with E-state index in [1.54, 1.807) is 31.2 Å². The topological polar surface area (TPSA) is 102 Å². The molecule has 3 rings (SSSR count). The van der Waals surface area contributed by atoms with Gasteiger partial charge in [0.2, 0.25) is 0 Å². The van der Waals surface area contributed by atoms with Crippen LogP contribution in [-0.2, 0) is 15.2 Å². The van der Waals surface area contributed by atoms with Crippen molar-refractivity contribution in [2.24, 2.45) is 0 Å². The van der Waals surface area contributed by atoms with Crippen LogP contribution in [0.2, 0.25) is 0 Å². The zero-order valence-electron chi connectivity index (χ0n) is 16.4. The van der Waals surface area contributed by atoms with E-state index in [-0.39, 0.29) is 17.8 Å². The van der Waals surface area contributed by atoms with Gasteiger partial charge in [0.05, 0.1) is 17.8 Å². The number of hydrogen-bond acceptors (Lipinski definition) is 4. The molecule has 3 N–H and O–H groups in total. The molecule has 30 heavy (non-hydrogen) atoms. The SMILES string of the molecule is C[C@](O)(CNC(=O)C(=O)Nc1ccccc1C#N)c1ccc(-c2ccccc2)cc1. The molecule has 1 atom stereocenters. The molecule has 0 aliphatic heterocycles. The Balaban J connectivity index is 1.62. The van der Waals surface area contributed by atoms with E-state index in [0.29, 0.717) is 5.56 Å². The van der Waals surface area contributed by atoms with E-state index in [2.05, 4.69) is 10.6 Å². The molecule has 0 radical (unpaired) electrons. The van der Waals surface area contributed by atoms with Crippen LogP contribution in [0.5, 0.6) is 0 Å². The van der Waals surface area contributed by atoms with E-state index in [1.807, 2.05) is 48.5 Å². The highest BCUT2D eigenvalue weighted by Gasteiger charge is 2.25. The molecule has 0 aliphatic carbocycles. The average Bonchev–Trinajstić information content (AvgIpc) is 2.78. The van der Waals surface area contributed by atoms with Gasteiger partial charge in [-0.25, -0.2) is 0 Å². The van der Waals surface area contributed by atoms with Gasteiger partial charge in [-0.05, 0) is 35.7 Å². The fraction of sp³-hybridized carbons (Fsp3) is 0.125. The number of para-hydroxylation sites is 1. The van der Waals surface area contributed by atoms with E-state index >= 15 is 0 Å². The molecule has 150 valence electrons. The molecule has 0 unspecified atom stereocenters. The molecule has 6 nitrogen and oxygen atoms in total. The summed E-state index contributed by atoms with van der Waals surface area (Å²) in [5.74, 6) is -1.81. The summed E-state index contributed by atoms with van der Waals surface area (Å²) < 4.78 is 0. The minimum Gasteiger partial charge on any atom is -0.384 e. The van der Waals surface area contributed by atoms with E-state index in [1.165, 1.54) is 12.1 Å². The Labute approximate surface area is 174 Å². The van der Waals surface area contributed by atoms with Crippen LogP contribution in [0.3, 0.4) is 0 Å². The summed E-state index contributed by atoms with van der Waals surface area (Å²) in [5.41, 5.74) is 1.82. The number of nitrogens with zero attached hydrogens (tertiary/aromatic N) is 1. The second kappa shape index (κ2) is 9.03. The number of benzene rings is 3. The third kappa shape index (κ3) is 4.90. The molecule has 0 saturated heterocycles. The first-order chi connectivity index (χ1) is 14.4. The first-order valence-electron chi connectivity index (χ1n) is 9.37. The number of carbonyl (C=O) groups is 2. The monoisotopic (exact) mass is 399 g/mol. The molecular weight excluding hydrogens is 378 g/mol. The molecule has 0 aromatic heterocycles. The van der Waals surface area contributed by atoms with Crippen LogP contribution in [0.1, 0.15) is 18.1 Å². The van der Waals surface area contributed by atoms with Crippen LogP contribution in [0.25, 0.3) is 11.1 Å². The van der Waals surface area contributed by atoms with Gasteiger partial charge in [0.1, 0.15) is 11.7 Å². The third-order valence-electron chi connectivity index (χ3n) is 4.71. The summed E-state index contributed by atoms with van der Waals surface area (Å²) in [6, 6.07) is 25.5. The first kappa shape index (κ1) is 20.8. The Morgan fingerprint density at radius 1 is 0.900 bits per heavy atom. The maximum absolute atomic E-state index is 12.1.